The van der Waals surface area contributed by atoms with Crippen LogP contribution in [0.5, 0.6) is 0 Å². The summed E-state index contributed by atoms with van der Waals surface area (Å²) in [5, 5.41) is 4.05. The van der Waals surface area contributed by atoms with E-state index in [1.807, 2.05) is 30.1 Å². The fraction of sp³-hybridized carbons (Fsp3) is 0.286. The van der Waals surface area contributed by atoms with Gasteiger partial charge in [0.05, 0.1) is 11.8 Å². The van der Waals surface area contributed by atoms with Gasteiger partial charge in [0.15, 0.2) is 0 Å². The first-order chi connectivity index (χ1) is 9.15. The first-order valence-corrected chi connectivity index (χ1v) is 6.34. The topological polar surface area (TPSA) is 64.2 Å². The van der Waals surface area contributed by atoms with Gasteiger partial charge in [0.25, 0.3) is 5.91 Å². The van der Waals surface area contributed by atoms with E-state index in [0.717, 1.165) is 36.3 Å². The zero-order chi connectivity index (χ0) is 13.4. The van der Waals surface area contributed by atoms with E-state index in [1.165, 1.54) is 0 Å². The van der Waals surface area contributed by atoms with Crippen molar-refractivity contribution in [3.63, 3.8) is 0 Å². The summed E-state index contributed by atoms with van der Waals surface area (Å²) in [6, 6.07) is 5.73. The van der Waals surface area contributed by atoms with Gasteiger partial charge in [-0.3, -0.25) is 9.48 Å². The van der Waals surface area contributed by atoms with Gasteiger partial charge in [0.2, 0.25) is 0 Å². The Morgan fingerprint density at radius 3 is 3.00 bits per heavy atom. The van der Waals surface area contributed by atoms with E-state index < -0.39 is 0 Å². The number of rotatable bonds is 1. The van der Waals surface area contributed by atoms with E-state index in [2.05, 4.69) is 5.10 Å². The first kappa shape index (κ1) is 11.8. The highest BCUT2D eigenvalue weighted by Crippen LogP contribution is 2.29. The van der Waals surface area contributed by atoms with Crippen LogP contribution < -0.4 is 10.6 Å². The van der Waals surface area contributed by atoms with Gasteiger partial charge in [0, 0.05) is 31.2 Å². The number of aromatic nitrogens is 2. The third-order valence-corrected chi connectivity index (χ3v) is 3.42. The highest BCUT2D eigenvalue weighted by Gasteiger charge is 2.24. The number of nitrogen functional groups attached to an aromatic ring is 1. The number of amides is 1. The molecule has 0 atom stereocenters. The van der Waals surface area contributed by atoms with E-state index in [-0.39, 0.29) is 5.91 Å². The van der Waals surface area contributed by atoms with Crippen molar-refractivity contribution in [1.29, 1.82) is 0 Å². The van der Waals surface area contributed by atoms with Crippen molar-refractivity contribution in [2.45, 2.75) is 12.8 Å². The maximum absolute atomic E-state index is 12.5. The second-order valence-electron chi connectivity index (χ2n) is 4.85. The number of fused-ring (bicyclic) bond motifs is 1. The van der Waals surface area contributed by atoms with E-state index in [1.54, 1.807) is 17.1 Å². The molecule has 19 heavy (non-hydrogen) atoms. The molecule has 0 unspecified atom stereocenters. The van der Waals surface area contributed by atoms with Crippen LogP contribution in [-0.2, 0) is 13.5 Å². The molecule has 0 radical (unpaired) electrons. The molecule has 1 aromatic carbocycles. The van der Waals surface area contributed by atoms with Crippen LogP contribution in [0.4, 0.5) is 11.4 Å². The number of carbonyl (C=O) groups is 1. The van der Waals surface area contributed by atoms with Crippen molar-refractivity contribution in [3.05, 3.63) is 41.7 Å². The molecule has 1 aromatic heterocycles. The highest BCUT2D eigenvalue weighted by molar-refractivity contribution is 6.06. The van der Waals surface area contributed by atoms with E-state index >= 15 is 0 Å². The smallest absolute Gasteiger partial charge is 0.261 e. The Morgan fingerprint density at radius 2 is 2.26 bits per heavy atom. The molecule has 3 rings (SSSR count). The van der Waals surface area contributed by atoms with E-state index in [0.29, 0.717) is 5.56 Å². The lowest BCUT2D eigenvalue weighted by atomic mass is 10.0. The van der Waals surface area contributed by atoms with Gasteiger partial charge in [0.1, 0.15) is 0 Å². The number of carbonyl (C=O) groups excluding carboxylic acids is 1. The maximum atomic E-state index is 12.5. The SMILES string of the molecule is Cn1cc(C(=O)N2CCCc3cc(N)ccc32)cn1. The summed E-state index contributed by atoms with van der Waals surface area (Å²) in [7, 11) is 1.81. The summed E-state index contributed by atoms with van der Waals surface area (Å²) in [5.74, 6) is -0.00109. The zero-order valence-electron chi connectivity index (χ0n) is 10.8. The van der Waals surface area contributed by atoms with Crippen molar-refractivity contribution in [2.24, 2.45) is 7.05 Å². The Labute approximate surface area is 111 Å². The van der Waals surface area contributed by atoms with Crippen LogP contribution in [0.15, 0.2) is 30.6 Å². The number of hydrogen-bond acceptors (Lipinski definition) is 3. The van der Waals surface area contributed by atoms with Gasteiger partial charge in [-0.05, 0) is 36.6 Å². The normalized spacial score (nSPS) is 14.3. The van der Waals surface area contributed by atoms with Crippen molar-refractivity contribution in [3.8, 4) is 0 Å². The first-order valence-electron chi connectivity index (χ1n) is 6.34. The summed E-state index contributed by atoms with van der Waals surface area (Å²) in [6.07, 6.45) is 5.28. The number of hydrogen-bond donors (Lipinski definition) is 1. The fourth-order valence-electron chi connectivity index (χ4n) is 2.52. The summed E-state index contributed by atoms with van der Waals surface area (Å²) < 4.78 is 1.64. The lowest BCUT2D eigenvalue weighted by molar-refractivity contribution is 0.0985. The number of anilines is 2. The van der Waals surface area contributed by atoms with Crippen LogP contribution in [0.2, 0.25) is 0 Å². The second kappa shape index (κ2) is 4.42. The number of nitrogens with zero attached hydrogens (tertiary/aromatic N) is 3. The van der Waals surface area contributed by atoms with Gasteiger partial charge < -0.3 is 10.6 Å². The van der Waals surface area contributed by atoms with E-state index in [4.69, 9.17) is 5.73 Å². The molecule has 0 saturated heterocycles. The van der Waals surface area contributed by atoms with Crippen molar-refractivity contribution < 1.29 is 4.79 Å². The van der Waals surface area contributed by atoms with Gasteiger partial charge in [-0.2, -0.15) is 5.10 Å². The molecule has 2 aromatic rings. The van der Waals surface area contributed by atoms with Crippen LogP contribution in [0.1, 0.15) is 22.3 Å². The molecular formula is C14H16N4O. The minimum Gasteiger partial charge on any atom is -0.399 e. The average Bonchev–Trinajstić information content (AvgIpc) is 2.83. The number of benzene rings is 1. The molecule has 1 amide bonds. The predicted molar refractivity (Wildman–Crippen MR) is 74.1 cm³/mol. The molecule has 0 spiro atoms. The van der Waals surface area contributed by atoms with Crippen molar-refractivity contribution in [2.75, 3.05) is 17.2 Å². The summed E-state index contributed by atoms with van der Waals surface area (Å²) in [4.78, 5) is 14.3. The molecule has 0 saturated carbocycles. The molecule has 2 N–H and O–H groups in total. The van der Waals surface area contributed by atoms with E-state index in [9.17, 15) is 4.79 Å². The molecule has 1 aliphatic rings. The molecule has 5 nitrogen and oxygen atoms in total. The quantitative estimate of drug-likeness (QED) is 0.788. The molecule has 98 valence electrons. The summed E-state index contributed by atoms with van der Waals surface area (Å²) >= 11 is 0. The van der Waals surface area contributed by atoms with Crippen LogP contribution in [0, 0.1) is 0 Å². The fourth-order valence-corrected chi connectivity index (χ4v) is 2.52. The lowest BCUT2D eigenvalue weighted by Crippen LogP contribution is -2.35. The second-order valence-corrected chi connectivity index (χ2v) is 4.85. The standard InChI is InChI=1S/C14H16N4O/c1-17-9-11(8-16-17)14(19)18-6-2-3-10-7-12(15)4-5-13(10)18/h4-5,7-9H,2-3,6,15H2,1H3. The summed E-state index contributed by atoms with van der Waals surface area (Å²) in [6.45, 7) is 0.741. The largest absolute Gasteiger partial charge is 0.399 e. The Hall–Kier alpha value is -2.30. The third-order valence-electron chi connectivity index (χ3n) is 3.42. The van der Waals surface area contributed by atoms with Crippen molar-refractivity contribution in [1.82, 2.24) is 9.78 Å². The molecule has 1 aliphatic heterocycles. The van der Waals surface area contributed by atoms with Crippen LogP contribution in [0.3, 0.4) is 0 Å². The Bertz CT molecular complexity index is 632. The Balaban J connectivity index is 1.97. The maximum Gasteiger partial charge on any atom is 0.261 e. The predicted octanol–water partition coefficient (Wildman–Crippen LogP) is 1.60. The molecule has 0 fully saturated rings. The molecule has 5 heteroatoms. The molecule has 2 heterocycles. The van der Waals surface area contributed by atoms with Crippen LogP contribution >= 0.6 is 0 Å². The van der Waals surface area contributed by atoms with Gasteiger partial charge >= 0.3 is 0 Å². The summed E-state index contributed by atoms with van der Waals surface area (Å²) in [5.41, 5.74) is 9.27. The number of nitrogens with two attached hydrogens (primary N) is 1. The minimum absolute atomic E-state index is 0.00109. The Morgan fingerprint density at radius 1 is 1.42 bits per heavy atom. The lowest BCUT2D eigenvalue weighted by Gasteiger charge is -2.29. The molecule has 0 aliphatic carbocycles. The van der Waals surface area contributed by atoms with Gasteiger partial charge in [-0.1, -0.05) is 0 Å². The van der Waals surface area contributed by atoms with Crippen LogP contribution in [-0.4, -0.2) is 22.2 Å². The van der Waals surface area contributed by atoms with Crippen LogP contribution in [0.25, 0.3) is 0 Å². The van der Waals surface area contributed by atoms with Gasteiger partial charge in [-0.15, -0.1) is 0 Å². The minimum atomic E-state index is -0.00109. The van der Waals surface area contributed by atoms with Gasteiger partial charge in [-0.25, -0.2) is 0 Å². The molecule has 0 bridgehead atoms. The monoisotopic (exact) mass is 256 g/mol. The average molecular weight is 256 g/mol. The van der Waals surface area contributed by atoms with Crippen molar-refractivity contribution >= 4 is 17.3 Å². The Kier molecular flexibility index (Phi) is 2.74. The number of aryl methyl sites for hydroxylation is 2. The highest BCUT2D eigenvalue weighted by atomic mass is 16.2. The molecular weight excluding hydrogens is 240 g/mol. The zero-order valence-corrected chi connectivity index (χ0v) is 10.8. The third kappa shape index (κ3) is 2.07.